The summed E-state index contributed by atoms with van der Waals surface area (Å²) < 4.78 is 0. The van der Waals surface area contributed by atoms with Crippen molar-refractivity contribution in [2.24, 2.45) is 22.2 Å². The van der Waals surface area contributed by atoms with Crippen molar-refractivity contribution in [3.63, 3.8) is 0 Å². The van der Waals surface area contributed by atoms with Crippen LogP contribution in [0, 0.1) is 0 Å². The molecule has 3 amide bonds. The summed E-state index contributed by atoms with van der Waals surface area (Å²) in [5.74, 6) is -1.74. The van der Waals surface area contributed by atoms with Gasteiger partial charge in [0.1, 0.15) is 18.1 Å². The van der Waals surface area contributed by atoms with Gasteiger partial charge in [-0.1, -0.05) is 30.3 Å². The third-order valence-electron chi connectivity index (χ3n) is 5.69. The number of carbonyl (C=O) groups excluding carboxylic acids is 3. The Morgan fingerprint density at radius 3 is 1.85 bits per heavy atom. The zero-order valence-corrected chi connectivity index (χ0v) is 24.1. The van der Waals surface area contributed by atoms with E-state index in [0.29, 0.717) is 37.3 Å². The number of thioether (sulfide) groups is 2. The highest BCUT2D eigenvalue weighted by molar-refractivity contribution is 7.98. The molecule has 0 aromatic heterocycles. The van der Waals surface area contributed by atoms with E-state index in [0.717, 1.165) is 5.56 Å². The average molecular weight is 584 g/mol. The lowest BCUT2D eigenvalue weighted by atomic mass is 10.0. The van der Waals surface area contributed by atoms with Gasteiger partial charge in [-0.25, -0.2) is 4.79 Å². The maximum absolute atomic E-state index is 13.2. The molecule has 4 unspecified atom stereocenters. The molecule has 0 spiro atoms. The highest BCUT2D eigenvalue weighted by Crippen LogP contribution is 2.08. The number of nitrogens with zero attached hydrogens (tertiary/aromatic N) is 1. The highest BCUT2D eigenvalue weighted by Gasteiger charge is 2.30. The van der Waals surface area contributed by atoms with Gasteiger partial charge in [-0.15, -0.1) is 0 Å². The SMILES string of the molecule is CSCCC(NC(=O)C(N)CCCN=C(N)N)C(=O)NC(CCSC)C(=O)NC(Cc1ccccc1)C(=O)O. The fraction of sp³-hybridized carbons (Fsp3) is 0.560. The summed E-state index contributed by atoms with van der Waals surface area (Å²) in [6.07, 6.45) is 5.24. The maximum atomic E-state index is 13.2. The van der Waals surface area contributed by atoms with E-state index in [1.165, 1.54) is 23.5 Å². The quantitative estimate of drug-likeness (QED) is 0.0638. The number of aliphatic carboxylic acids is 1. The number of hydrogen-bond acceptors (Lipinski definition) is 8. The second kappa shape index (κ2) is 19.1. The van der Waals surface area contributed by atoms with Crippen LogP contribution < -0.4 is 33.2 Å². The van der Waals surface area contributed by atoms with Gasteiger partial charge in [0.15, 0.2) is 5.96 Å². The van der Waals surface area contributed by atoms with Gasteiger partial charge >= 0.3 is 5.97 Å². The number of benzene rings is 1. The number of carboxylic acid groups (broad SMARTS) is 1. The van der Waals surface area contributed by atoms with E-state index in [1.807, 2.05) is 18.6 Å². The van der Waals surface area contributed by atoms with Crippen molar-refractivity contribution in [3.05, 3.63) is 35.9 Å². The molecule has 0 saturated carbocycles. The Hall–Kier alpha value is -2.97. The first-order valence-electron chi connectivity index (χ1n) is 12.6. The zero-order valence-electron chi connectivity index (χ0n) is 22.4. The third-order valence-corrected chi connectivity index (χ3v) is 6.98. The van der Waals surface area contributed by atoms with Crippen LogP contribution in [0.15, 0.2) is 35.3 Å². The molecule has 0 aliphatic heterocycles. The second-order valence-corrected chi connectivity index (χ2v) is 10.8. The summed E-state index contributed by atoms with van der Waals surface area (Å²) in [5.41, 5.74) is 17.3. The van der Waals surface area contributed by atoms with E-state index >= 15 is 0 Å². The van der Waals surface area contributed by atoms with Gasteiger partial charge in [0.05, 0.1) is 6.04 Å². The fourth-order valence-electron chi connectivity index (χ4n) is 3.53. The van der Waals surface area contributed by atoms with E-state index < -0.39 is 47.9 Å². The van der Waals surface area contributed by atoms with Gasteiger partial charge in [-0.2, -0.15) is 23.5 Å². The van der Waals surface area contributed by atoms with Crippen molar-refractivity contribution in [2.75, 3.05) is 30.6 Å². The first kappa shape index (κ1) is 34.1. The standard InChI is InChI=1S/C25H41N7O5S2/c1-38-13-10-18(30-21(33)17(26)9-6-12-29-25(27)28)22(34)31-19(11-14-39-2)23(35)32-20(24(36)37)15-16-7-4-3-5-8-16/h3-5,7-8,17-20H,6,9-15,26H2,1-2H3,(H,30,33)(H,31,34)(H,32,35)(H,36,37)(H4,27,28,29). The van der Waals surface area contributed by atoms with Crippen molar-refractivity contribution in [2.45, 2.75) is 56.3 Å². The first-order chi connectivity index (χ1) is 18.6. The minimum atomic E-state index is -1.18. The molecular formula is C25H41N7O5S2. The molecule has 39 heavy (non-hydrogen) atoms. The Bertz CT molecular complexity index is 948. The van der Waals surface area contributed by atoms with Gasteiger partial charge in [0, 0.05) is 13.0 Å². The lowest BCUT2D eigenvalue weighted by molar-refractivity contribution is -0.142. The Labute approximate surface area is 238 Å². The predicted molar refractivity (Wildman–Crippen MR) is 157 cm³/mol. The normalized spacial score (nSPS) is 13.8. The molecule has 12 nitrogen and oxygen atoms in total. The Morgan fingerprint density at radius 2 is 1.36 bits per heavy atom. The number of aliphatic imine (C=N–C) groups is 1. The number of hydrogen-bond donors (Lipinski definition) is 7. The summed E-state index contributed by atoms with van der Waals surface area (Å²) in [6.45, 7) is 0.327. The second-order valence-electron chi connectivity index (χ2n) is 8.83. The monoisotopic (exact) mass is 583 g/mol. The number of guanidine groups is 1. The topological polar surface area (TPSA) is 215 Å². The summed E-state index contributed by atoms with van der Waals surface area (Å²) in [5, 5.41) is 17.6. The molecule has 0 aliphatic rings. The molecule has 1 aromatic rings. The van der Waals surface area contributed by atoms with Crippen LogP contribution in [0.1, 0.15) is 31.2 Å². The smallest absolute Gasteiger partial charge is 0.326 e. The Morgan fingerprint density at radius 1 is 0.846 bits per heavy atom. The molecule has 1 rings (SSSR count). The van der Waals surface area contributed by atoms with Crippen LogP contribution in [0.5, 0.6) is 0 Å². The number of nitrogens with two attached hydrogens (primary N) is 3. The van der Waals surface area contributed by atoms with Gasteiger partial charge in [0.2, 0.25) is 17.7 Å². The van der Waals surface area contributed by atoms with E-state index in [-0.39, 0.29) is 18.8 Å². The summed E-state index contributed by atoms with van der Waals surface area (Å²) in [4.78, 5) is 54.7. The average Bonchev–Trinajstić information content (AvgIpc) is 2.90. The molecule has 0 radical (unpaired) electrons. The Kier molecular flexibility index (Phi) is 16.7. The van der Waals surface area contributed by atoms with E-state index in [1.54, 1.807) is 24.3 Å². The van der Waals surface area contributed by atoms with Crippen molar-refractivity contribution in [3.8, 4) is 0 Å². The third kappa shape index (κ3) is 14.1. The van der Waals surface area contributed by atoms with Gasteiger partial charge in [-0.3, -0.25) is 19.4 Å². The van der Waals surface area contributed by atoms with Crippen LogP contribution in [0.25, 0.3) is 0 Å². The van der Waals surface area contributed by atoms with Crippen LogP contribution in [0.4, 0.5) is 0 Å². The molecule has 0 bridgehead atoms. The van der Waals surface area contributed by atoms with Crippen molar-refractivity contribution >= 4 is 53.2 Å². The lowest BCUT2D eigenvalue weighted by Crippen LogP contribution is -2.57. The minimum absolute atomic E-state index is 0.0448. The molecule has 0 saturated heterocycles. The molecule has 10 N–H and O–H groups in total. The number of nitrogens with one attached hydrogen (secondary N) is 3. The Balaban J connectivity index is 2.90. The van der Waals surface area contributed by atoms with Crippen LogP contribution in [-0.4, -0.2) is 89.5 Å². The molecular weight excluding hydrogens is 542 g/mol. The largest absolute Gasteiger partial charge is 0.480 e. The first-order valence-corrected chi connectivity index (χ1v) is 15.3. The molecule has 14 heteroatoms. The molecule has 0 aliphatic carbocycles. The van der Waals surface area contributed by atoms with Crippen LogP contribution in [0.3, 0.4) is 0 Å². The molecule has 0 heterocycles. The van der Waals surface area contributed by atoms with E-state index in [4.69, 9.17) is 17.2 Å². The predicted octanol–water partition coefficient (Wildman–Crippen LogP) is -0.345. The van der Waals surface area contributed by atoms with Crippen LogP contribution >= 0.6 is 23.5 Å². The van der Waals surface area contributed by atoms with E-state index in [2.05, 4.69) is 20.9 Å². The van der Waals surface area contributed by atoms with Crippen molar-refractivity contribution in [1.29, 1.82) is 0 Å². The van der Waals surface area contributed by atoms with Gasteiger partial charge in [-0.05, 0) is 55.3 Å². The fourth-order valence-corrected chi connectivity index (χ4v) is 4.48. The van der Waals surface area contributed by atoms with Gasteiger partial charge in [0.25, 0.3) is 0 Å². The maximum Gasteiger partial charge on any atom is 0.326 e. The molecule has 1 aromatic carbocycles. The zero-order chi connectivity index (χ0) is 29.2. The molecule has 4 atom stereocenters. The number of carboxylic acids is 1. The minimum Gasteiger partial charge on any atom is -0.480 e. The van der Waals surface area contributed by atoms with Crippen molar-refractivity contribution in [1.82, 2.24) is 16.0 Å². The number of carbonyl (C=O) groups is 4. The summed E-state index contributed by atoms with van der Waals surface area (Å²) in [7, 11) is 0. The van der Waals surface area contributed by atoms with Crippen LogP contribution in [-0.2, 0) is 25.6 Å². The number of amides is 3. The molecule has 0 fully saturated rings. The van der Waals surface area contributed by atoms with Gasteiger partial charge < -0.3 is 38.3 Å². The summed E-state index contributed by atoms with van der Waals surface area (Å²) >= 11 is 2.99. The number of rotatable bonds is 19. The van der Waals surface area contributed by atoms with E-state index in [9.17, 15) is 24.3 Å². The highest BCUT2D eigenvalue weighted by atomic mass is 32.2. The molecule has 218 valence electrons. The van der Waals surface area contributed by atoms with Crippen LogP contribution in [0.2, 0.25) is 0 Å². The van der Waals surface area contributed by atoms with Crippen molar-refractivity contribution < 1.29 is 24.3 Å². The summed E-state index contributed by atoms with van der Waals surface area (Å²) in [6, 6.07) is 5.01. The lowest BCUT2D eigenvalue weighted by Gasteiger charge is -2.25.